The standard InChI is InChI=1S/C12H15BrO3/c1-4-5-10(14)8-6-11(15-2)12(16-3)7-9(8)13/h4,6-7,10,14H,1,5H2,2-3H3. The lowest BCUT2D eigenvalue weighted by Gasteiger charge is -2.15. The number of hydrogen-bond acceptors (Lipinski definition) is 3. The highest BCUT2D eigenvalue weighted by atomic mass is 79.9. The molecule has 0 aliphatic heterocycles. The van der Waals surface area contributed by atoms with Crippen molar-refractivity contribution in [2.24, 2.45) is 0 Å². The molecule has 0 saturated carbocycles. The molecule has 1 aromatic rings. The highest BCUT2D eigenvalue weighted by molar-refractivity contribution is 9.10. The van der Waals surface area contributed by atoms with Crippen molar-refractivity contribution in [2.75, 3.05) is 14.2 Å². The molecule has 0 saturated heterocycles. The second-order valence-electron chi connectivity index (χ2n) is 3.27. The largest absolute Gasteiger partial charge is 0.493 e. The van der Waals surface area contributed by atoms with Gasteiger partial charge in [0.1, 0.15) is 0 Å². The zero-order valence-electron chi connectivity index (χ0n) is 9.37. The van der Waals surface area contributed by atoms with Gasteiger partial charge in [-0.3, -0.25) is 0 Å². The molecule has 1 aromatic carbocycles. The van der Waals surface area contributed by atoms with Crippen LogP contribution in [0.25, 0.3) is 0 Å². The summed E-state index contributed by atoms with van der Waals surface area (Å²) in [7, 11) is 3.14. The molecule has 0 spiro atoms. The highest BCUT2D eigenvalue weighted by Crippen LogP contribution is 2.36. The van der Waals surface area contributed by atoms with E-state index < -0.39 is 6.10 Å². The number of aliphatic hydroxyl groups excluding tert-OH is 1. The predicted octanol–water partition coefficient (Wildman–Crippen LogP) is 3.08. The summed E-state index contributed by atoms with van der Waals surface area (Å²) in [5.74, 6) is 1.23. The molecule has 0 fully saturated rings. The molecule has 1 unspecified atom stereocenters. The van der Waals surface area contributed by atoms with Gasteiger partial charge in [0.2, 0.25) is 0 Å². The van der Waals surface area contributed by atoms with Crippen LogP contribution in [-0.2, 0) is 0 Å². The first-order chi connectivity index (χ1) is 7.63. The van der Waals surface area contributed by atoms with Gasteiger partial charge in [-0.05, 0) is 24.1 Å². The molecule has 88 valence electrons. The second kappa shape index (κ2) is 5.92. The maximum absolute atomic E-state index is 9.89. The van der Waals surface area contributed by atoms with Crippen LogP contribution in [0.1, 0.15) is 18.1 Å². The molecule has 0 radical (unpaired) electrons. The Morgan fingerprint density at radius 3 is 2.44 bits per heavy atom. The van der Waals surface area contributed by atoms with Gasteiger partial charge in [-0.1, -0.05) is 22.0 Å². The minimum Gasteiger partial charge on any atom is -0.493 e. The molecule has 0 amide bonds. The summed E-state index contributed by atoms with van der Waals surface area (Å²) >= 11 is 3.39. The second-order valence-corrected chi connectivity index (χ2v) is 4.12. The van der Waals surface area contributed by atoms with Gasteiger partial charge < -0.3 is 14.6 Å². The van der Waals surface area contributed by atoms with Gasteiger partial charge in [0.05, 0.1) is 20.3 Å². The monoisotopic (exact) mass is 286 g/mol. The molecule has 16 heavy (non-hydrogen) atoms. The maximum atomic E-state index is 9.89. The third kappa shape index (κ3) is 2.77. The van der Waals surface area contributed by atoms with Crippen molar-refractivity contribution in [2.45, 2.75) is 12.5 Å². The van der Waals surface area contributed by atoms with Gasteiger partial charge in [0.25, 0.3) is 0 Å². The van der Waals surface area contributed by atoms with Crippen molar-refractivity contribution in [3.8, 4) is 11.5 Å². The molecule has 0 aliphatic carbocycles. The van der Waals surface area contributed by atoms with E-state index in [1.54, 1.807) is 32.4 Å². The summed E-state index contributed by atoms with van der Waals surface area (Å²) in [5.41, 5.74) is 0.762. The van der Waals surface area contributed by atoms with Crippen LogP contribution in [0.15, 0.2) is 29.3 Å². The summed E-state index contributed by atoms with van der Waals surface area (Å²) in [5, 5.41) is 9.89. The Labute approximate surface area is 104 Å². The Kier molecular flexibility index (Phi) is 4.83. The van der Waals surface area contributed by atoms with Crippen LogP contribution >= 0.6 is 15.9 Å². The zero-order chi connectivity index (χ0) is 12.1. The fraction of sp³-hybridized carbons (Fsp3) is 0.333. The molecule has 0 heterocycles. The maximum Gasteiger partial charge on any atom is 0.161 e. The van der Waals surface area contributed by atoms with E-state index >= 15 is 0 Å². The van der Waals surface area contributed by atoms with E-state index in [-0.39, 0.29) is 0 Å². The summed E-state index contributed by atoms with van der Waals surface area (Å²) in [6, 6.07) is 3.54. The average Bonchev–Trinajstić information content (AvgIpc) is 2.28. The molecule has 1 N–H and O–H groups in total. The number of ether oxygens (including phenoxy) is 2. The molecule has 1 rings (SSSR count). The van der Waals surface area contributed by atoms with E-state index in [0.29, 0.717) is 17.9 Å². The average molecular weight is 287 g/mol. The summed E-state index contributed by atoms with van der Waals surface area (Å²) in [6.07, 6.45) is 1.58. The molecule has 0 bridgehead atoms. The lowest BCUT2D eigenvalue weighted by atomic mass is 10.1. The van der Waals surface area contributed by atoms with E-state index in [4.69, 9.17) is 9.47 Å². The van der Waals surface area contributed by atoms with Gasteiger partial charge in [0, 0.05) is 4.47 Å². The number of rotatable bonds is 5. The third-order valence-electron chi connectivity index (χ3n) is 2.25. The predicted molar refractivity (Wildman–Crippen MR) is 67.0 cm³/mol. The first-order valence-corrected chi connectivity index (χ1v) is 5.63. The zero-order valence-corrected chi connectivity index (χ0v) is 11.0. The molecule has 4 heteroatoms. The summed E-state index contributed by atoms with van der Waals surface area (Å²) < 4.78 is 11.1. The van der Waals surface area contributed by atoms with Gasteiger partial charge >= 0.3 is 0 Å². The first-order valence-electron chi connectivity index (χ1n) is 4.84. The van der Waals surface area contributed by atoms with Crippen molar-refractivity contribution < 1.29 is 14.6 Å². The Morgan fingerprint density at radius 2 is 1.94 bits per heavy atom. The van der Waals surface area contributed by atoms with Gasteiger partial charge in [0.15, 0.2) is 11.5 Å². The molecular weight excluding hydrogens is 272 g/mol. The van der Waals surface area contributed by atoms with Crippen LogP contribution in [0, 0.1) is 0 Å². The molecule has 1 atom stereocenters. The van der Waals surface area contributed by atoms with Crippen molar-refractivity contribution in [3.63, 3.8) is 0 Å². The van der Waals surface area contributed by atoms with E-state index in [0.717, 1.165) is 10.0 Å². The van der Waals surface area contributed by atoms with E-state index in [2.05, 4.69) is 22.5 Å². The van der Waals surface area contributed by atoms with Crippen LogP contribution in [0.5, 0.6) is 11.5 Å². The number of methoxy groups -OCH3 is 2. The van der Waals surface area contributed by atoms with Crippen molar-refractivity contribution >= 4 is 15.9 Å². The Morgan fingerprint density at radius 1 is 1.38 bits per heavy atom. The van der Waals surface area contributed by atoms with Crippen molar-refractivity contribution in [3.05, 3.63) is 34.8 Å². The third-order valence-corrected chi connectivity index (χ3v) is 2.94. The highest BCUT2D eigenvalue weighted by Gasteiger charge is 2.14. The lowest BCUT2D eigenvalue weighted by Crippen LogP contribution is -1.99. The van der Waals surface area contributed by atoms with Crippen molar-refractivity contribution in [1.29, 1.82) is 0 Å². The first kappa shape index (κ1) is 13.1. The lowest BCUT2D eigenvalue weighted by molar-refractivity contribution is 0.180. The van der Waals surface area contributed by atoms with Gasteiger partial charge in [-0.25, -0.2) is 0 Å². The summed E-state index contributed by atoms with van der Waals surface area (Å²) in [4.78, 5) is 0. The van der Waals surface area contributed by atoms with E-state index in [1.165, 1.54) is 0 Å². The number of aliphatic hydroxyl groups is 1. The quantitative estimate of drug-likeness (QED) is 0.846. The number of halogens is 1. The van der Waals surface area contributed by atoms with Crippen molar-refractivity contribution in [1.82, 2.24) is 0 Å². The van der Waals surface area contributed by atoms with Crippen LogP contribution in [0.4, 0.5) is 0 Å². The van der Waals surface area contributed by atoms with Crippen LogP contribution in [-0.4, -0.2) is 19.3 Å². The molecule has 0 aliphatic rings. The Bertz CT molecular complexity index is 377. The van der Waals surface area contributed by atoms with E-state index in [1.807, 2.05) is 0 Å². The Balaban J connectivity index is 3.15. The molecular formula is C12H15BrO3. The van der Waals surface area contributed by atoms with Crippen LogP contribution in [0.3, 0.4) is 0 Å². The fourth-order valence-electron chi connectivity index (χ4n) is 1.41. The van der Waals surface area contributed by atoms with Gasteiger partial charge in [-0.2, -0.15) is 0 Å². The smallest absolute Gasteiger partial charge is 0.161 e. The number of benzene rings is 1. The normalized spacial score (nSPS) is 12.0. The SMILES string of the molecule is C=CCC(O)c1cc(OC)c(OC)cc1Br. The topological polar surface area (TPSA) is 38.7 Å². The summed E-state index contributed by atoms with van der Waals surface area (Å²) in [6.45, 7) is 3.60. The van der Waals surface area contributed by atoms with Gasteiger partial charge in [-0.15, -0.1) is 6.58 Å². The molecule has 0 aromatic heterocycles. The minimum atomic E-state index is -0.591. The molecule has 3 nitrogen and oxygen atoms in total. The minimum absolute atomic E-state index is 0.494. The fourth-order valence-corrected chi connectivity index (χ4v) is 2.00. The Hall–Kier alpha value is -1.00. The number of hydrogen-bond donors (Lipinski definition) is 1. The van der Waals surface area contributed by atoms with Crippen LogP contribution < -0.4 is 9.47 Å². The van der Waals surface area contributed by atoms with Crippen LogP contribution in [0.2, 0.25) is 0 Å². The van der Waals surface area contributed by atoms with E-state index in [9.17, 15) is 5.11 Å².